The third kappa shape index (κ3) is 3.31. The summed E-state index contributed by atoms with van der Waals surface area (Å²) in [7, 11) is 0. The summed E-state index contributed by atoms with van der Waals surface area (Å²) < 4.78 is 1.09. The Kier molecular flexibility index (Phi) is 4.78. The van der Waals surface area contributed by atoms with Gasteiger partial charge in [0.1, 0.15) is 11.8 Å². The van der Waals surface area contributed by atoms with Crippen LogP contribution in [0.5, 0.6) is 5.75 Å². The number of phenolic OH excluding ortho intramolecular Hbond substituents is 1. The van der Waals surface area contributed by atoms with Gasteiger partial charge in [0, 0.05) is 10.0 Å². The minimum atomic E-state index is 0.166. The number of phenols is 1. The van der Waals surface area contributed by atoms with Gasteiger partial charge in [-0.1, -0.05) is 58.4 Å². The Morgan fingerprint density at radius 2 is 1.56 bits per heavy atom. The van der Waals surface area contributed by atoms with Gasteiger partial charge >= 0.3 is 0 Å². The Bertz CT molecular complexity index is 869. The van der Waals surface area contributed by atoms with E-state index in [4.69, 9.17) is 0 Å². The lowest BCUT2D eigenvalue weighted by Crippen LogP contribution is -3.13. The molecule has 1 fully saturated rings. The summed E-state index contributed by atoms with van der Waals surface area (Å²) in [5.41, 5.74) is 2.34. The summed E-state index contributed by atoms with van der Waals surface area (Å²) in [5, 5.41) is 13.2. The lowest BCUT2D eigenvalue weighted by molar-refractivity contribution is -0.930. The van der Waals surface area contributed by atoms with Crippen molar-refractivity contribution in [1.29, 1.82) is 0 Å². The van der Waals surface area contributed by atoms with Crippen LogP contribution in [0.3, 0.4) is 0 Å². The SMILES string of the molecule is Oc1ccc2ccccc2c1[C@@H](c1ccc(Br)cc1)[NH+]1CCCCC1. The molecule has 4 rings (SSSR count). The predicted octanol–water partition coefficient (Wildman–Crippen LogP) is 4.47. The van der Waals surface area contributed by atoms with Crippen LogP contribution in [0.2, 0.25) is 0 Å². The molecule has 1 atom stereocenters. The van der Waals surface area contributed by atoms with Crippen molar-refractivity contribution in [2.75, 3.05) is 13.1 Å². The first-order valence-corrected chi connectivity index (χ1v) is 9.84. The third-order valence-electron chi connectivity index (χ3n) is 5.34. The number of quaternary nitrogens is 1. The summed E-state index contributed by atoms with van der Waals surface area (Å²) in [6.07, 6.45) is 3.83. The molecular weight excluding hydrogens is 374 g/mol. The second-order valence-electron chi connectivity index (χ2n) is 6.92. The predicted molar refractivity (Wildman–Crippen MR) is 106 cm³/mol. The third-order valence-corrected chi connectivity index (χ3v) is 5.87. The Morgan fingerprint density at radius 3 is 2.32 bits per heavy atom. The van der Waals surface area contributed by atoms with Gasteiger partial charge in [-0.05, 0) is 48.2 Å². The van der Waals surface area contributed by atoms with Crippen LogP contribution in [0.15, 0.2) is 65.1 Å². The summed E-state index contributed by atoms with van der Waals surface area (Å²) in [5.74, 6) is 0.407. The molecule has 0 aliphatic carbocycles. The number of aromatic hydroxyl groups is 1. The maximum atomic E-state index is 10.8. The van der Waals surface area contributed by atoms with Crippen LogP contribution in [-0.4, -0.2) is 18.2 Å². The minimum Gasteiger partial charge on any atom is -0.507 e. The minimum absolute atomic E-state index is 0.166. The number of benzene rings is 3. The van der Waals surface area contributed by atoms with E-state index in [1.165, 1.54) is 30.2 Å². The van der Waals surface area contributed by atoms with Crippen LogP contribution < -0.4 is 4.90 Å². The van der Waals surface area contributed by atoms with Crippen LogP contribution in [-0.2, 0) is 0 Å². The fraction of sp³-hybridized carbons (Fsp3) is 0.273. The molecule has 0 saturated carbocycles. The number of halogens is 1. The smallest absolute Gasteiger partial charge is 0.143 e. The molecule has 0 spiro atoms. The molecule has 128 valence electrons. The van der Waals surface area contributed by atoms with Gasteiger partial charge in [-0.3, -0.25) is 0 Å². The van der Waals surface area contributed by atoms with Crippen LogP contribution in [0, 0.1) is 0 Å². The number of hydrogen-bond donors (Lipinski definition) is 2. The summed E-state index contributed by atoms with van der Waals surface area (Å²) in [6.45, 7) is 2.31. The van der Waals surface area contributed by atoms with Crippen molar-refractivity contribution in [1.82, 2.24) is 0 Å². The largest absolute Gasteiger partial charge is 0.507 e. The van der Waals surface area contributed by atoms with Crippen molar-refractivity contribution in [2.24, 2.45) is 0 Å². The van der Waals surface area contributed by atoms with Gasteiger partial charge in [0.2, 0.25) is 0 Å². The van der Waals surface area contributed by atoms with E-state index in [1.807, 2.05) is 12.1 Å². The molecule has 0 radical (unpaired) electrons. The van der Waals surface area contributed by atoms with Crippen molar-refractivity contribution >= 4 is 26.7 Å². The standard InChI is InChI=1S/C22H22BrNO/c23-18-11-8-17(9-12-18)22(24-14-4-1-5-15-24)21-19-7-3-2-6-16(19)10-13-20(21)25/h2-3,6-13,22,25H,1,4-5,14-15H2/p+1/t22-/m1/s1. The van der Waals surface area contributed by atoms with Gasteiger partial charge in [-0.25, -0.2) is 0 Å². The molecule has 3 aromatic rings. The molecule has 1 aliphatic rings. The van der Waals surface area contributed by atoms with E-state index >= 15 is 0 Å². The van der Waals surface area contributed by atoms with Crippen LogP contribution in [0.4, 0.5) is 0 Å². The molecule has 3 heteroatoms. The normalized spacial score (nSPS) is 16.8. The van der Waals surface area contributed by atoms with E-state index in [-0.39, 0.29) is 6.04 Å². The zero-order valence-electron chi connectivity index (χ0n) is 14.2. The zero-order valence-corrected chi connectivity index (χ0v) is 15.8. The number of hydrogen-bond acceptors (Lipinski definition) is 1. The highest BCUT2D eigenvalue weighted by Crippen LogP contribution is 2.35. The number of piperidine rings is 1. The number of likely N-dealkylation sites (tertiary alicyclic amines) is 1. The lowest BCUT2D eigenvalue weighted by atomic mass is 9.90. The Morgan fingerprint density at radius 1 is 0.840 bits per heavy atom. The molecule has 0 bridgehead atoms. The highest BCUT2D eigenvalue weighted by molar-refractivity contribution is 9.10. The van der Waals surface area contributed by atoms with Crippen molar-refractivity contribution < 1.29 is 10.0 Å². The van der Waals surface area contributed by atoms with E-state index < -0.39 is 0 Å². The fourth-order valence-corrected chi connectivity index (χ4v) is 4.41. The Hall–Kier alpha value is -1.84. The quantitative estimate of drug-likeness (QED) is 0.670. The number of rotatable bonds is 3. The first-order valence-electron chi connectivity index (χ1n) is 9.05. The first-order chi connectivity index (χ1) is 12.2. The number of fused-ring (bicyclic) bond motifs is 1. The van der Waals surface area contributed by atoms with Gasteiger partial charge in [0.05, 0.1) is 18.7 Å². The molecule has 0 amide bonds. The maximum Gasteiger partial charge on any atom is 0.143 e. The topological polar surface area (TPSA) is 24.7 Å². The molecule has 0 unspecified atom stereocenters. The molecule has 0 aromatic heterocycles. The summed E-state index contributed by atoms with van der Waals surface area (Å²) in [6, 6.07) is 21.0. The molecular formula is C22H23BrNO+. The molecule has 1 aliphatic heterocycles. The van der Waals surface area contributed by atoms with Gasteiger partial charge < -0.3 is 10.0 Å². The molecule has 3 aromatic carbocycles. The van der Waals surface area contributed by atoms with E-state index in [2.05, 4.69) is 64.5 Å². The van der Waals surface area contributed by atoms with Crippen molar-refractivity contribution in [3.05, 3.63) is 76.3 Å². The molecule has 1 saturated heterocycles. The lowest BCUT2D eigenvalue weighted by Gasteiger charge is -2.33. The highest BCUT2D eigenvalue weighted by atomic mass is 79.9. The van der Waals surface area contributed by atoms with Gasteiger partial charge in [-0.15, -0.1) is 0 Å². The van der Waals surface area contributed by atoms with Gasteiger partial charge in [-0.2, -0.15) is 0 Å². The van der Waals surface area contributed by atoms with E-state index in [0.29, 0.717) is 5.75 Å². The van der Waals surface area contributed by atoms with E-state index in [0.717, 1.165) is 28.5 Å². The zero-order chi connectivity index (χ0) is 17.2. The van der Waals surface area contributed by atoms with Crippen LogP contribution in [0.25, 0.3) is 10.8 Å². The van der Waals surface area contributed by atoms with Crippen LogP contribution in [0.1, 0.15) is 36.4 Å². The molecule has 25 heavy (non-hydrogen) atoms. The van der Waals surface area contributed by atoms with Crippen molar-refractivity contribution in [2.45, 2.75) is 25.3 Å². The highest BCUT2D eigenvalue weighted by Gasteiger charge is 2.31. The average Bonchev–Trinajstić information content (AvgIpc) is 2.66. The Balaban J connectivity index is 1.91. The van der Waals surface area contributed by atoms with Crippen molar-refractivity contribution in [3.63, 3.8) is 0 Å². The first kappa shape index (κ1) is 16.6. The fourth-order valence-electron chi connectivity index (χ4n) is 4.14. The summed E-state index contributed by atoms with van der Waals surface area (Å²) in [4.78, 5) is 1.56. The number of nitrogens with one attached hydrogen (secondary N) is 1. The van der Waals surface area contributed by atoms with Crippen molar-refractivity contribution in [3.8, 4) is 5.75 Å². The second kappa shape index (κ2) is 7.19. The average molecular weight is 397 g/mol. The molecule has 2 nitrogen and oxygen atoms in total. The Labute approximate surface area is 157 Å². The summed E-state index contributed by atoms with van der Waals surface area (Å²) >= 11 is 3.54. The molecule has 2 N–H and O–H groups in total. The molecule has 1 heterocycles. The van der Waals surface area contributed by atoms with Gasteiger partial charge in [0.25, 0.3) is 0 Å². The maximum absolute atomic E-state index is 10.8. The monoisotopic (exact) mass is 396 g/mol. The second-order valence-corrected chi connectivity index (χ2v) is 7.84. The van der Waals surface area contributed by atoms with E-state index in [1.54, 1.807) is 4.90 Å². The van der Waals surface area contributed by atoms with Gasteiger partial charge in [0.15, 0.2) is 0 Å². The van der Waals surface area contributed by atoms with Crippen LogP contribution >= 0.6 is 15.9 Å². The van der Waals surface area contributed by atoms with E-state index in [9.17, 15) is 5.11 Å².